The lowest BCUT2D eigenvalue weighted by atomic mass is 9.99. The Morgan fingerprint density at radius 2 is 0.863 bits per heavy atom. The minimum absolute atomic E-state index is 1.15. The molecule has 0 bridgehead atoms. The van der Waals surface area contributed by atoms with Crippen LogP contribution in [-0.2, 0) is 0 Å². The van der Waals surface area contributed by atoms with Crippen LogP contribution in [0.5, 0.6) is 0 Å². The lowest BCUT2D eigenvalue weighted by molar-refractivity contribution is 1.16. The van der Waals surface area contributed by atoms with E-state index >= 15 is 0 Å². The minimum Gasteiger partial charge on any atom is -0.307 e. The number of hydrogen-bond acceptors (Lipinski definition) is 1. The first-order chi connectivity index (χ1) is 25.3. The number of aromatic nitrogens is 2. The molecule has 3 aromatic heterocycles. The van der Waals surface area contributed by atoms with Crippen LogP contribution in [0.4, 0.5) is 0 Å². The highest BCUT2D eigenvalue weighted by Gasteiger charge is 2.22. The Morgan fingerprint density at radius 1 is 0.333 bits per heavy atom. The number of fused-ring (bicyclic) bond motifs is 10. The summed E-state index contributed by atoms with van der Waals surface area (Å²) in [6.45, 7) is 0. The molecular weight excluding hydrogens is 637 g/mol. The van der Waals surface area contributed by atoms with Gasteiger partial charge in [-0.05, 0) is 64.7 Å². The average molecular weight is 667 g/mol. The van der Waals surface area contributed by atoms with Gasteiger partial charge in [0.15, 0.2) is 0 Å². The number of nitrogens with zero attached hydrogens (tertiary/aromatic N) is 2. The number of thiophene rings is 1. The molecule has 0 saturated heterocycles. The molecule has 3 heterocycles. The standard InChI is InChI=1S/C48H30N2S/c1-2-13-31(14-3-1)32-15-10-16-33(29-32)34-17-11-18-35(30-34)49-42-23-7-4-19-36(42)39-27-28-40-37-20-5-8-24-43(37)50(47(40)46(39)49)44-25-12-22-41-38-21-6-9-26-45(38)51-48(41)44/h1-30H. The van der Waals surface area contributed by atoms with E-state index in [1.165, 1.54) is 91.7 Å². The third-order valence-corrected chi connectivity index (χ3v) is 11.7. The van der Waals surface area contributed by atoms with Gasteiger partial charge in [-0.25, -0.2) is 0 Å². The molecule has 0 N–H and O–H groups in total. The Hall–Kier alpha value is -6.42. The van der Waals surface area contributed by atoms with Crippen LogP contribution in [0.3, 0.4) is 0 Å². The van der Waals surface area contributed by atoms with Gasteiger partial charge >= 0.3 is 0 Å². The Balaban J connectivity index is 1.24. The van der Waals surface area contributed by atoms with Crippen molar-refractivity contribution in [1.82, 2.24) is 9.13 Å². The van der Waals surface area contributed by atoms with Gasteiger partial charge in [0.2, 0.25) is 0 Å². The Kier molecular flexibility index (Phi) is 6.16. The van der Waals surface area contributed by atoms with Crippen LogP contribution in [0.2, 0.25) is 0 Å². The summed E-state index contributed by atoms with van der Waals surface area (Å²) in [5, 5.41) is 7.64. The average Bonchev–Trinajstić information content (AvgIpc) is 3.86. The van der Waals surface area contributed by atoms with E-state index in [-0.39, 0.29) is 0 Å². The van der Waals surface area contributed by atoms with Gasteiger partial charge in [0, 0.05) is 42.7 Å². The van der Waals surface area contributed by atoms with Gasteiger partial charge in [-0.15, -0.1) is 11.3 Å². The van der Waals surface area contributed by atoms with Gasteiger partial charge in [-0.2, -0.15) is 0 Å². The van der Waals surface area contributed by atoms with Gasteiger partial charge in [-0.1, -0.05) is 140 Å². The molecule has 0 radical (unpaired) electrons. The first-order valence-electron chi connectivity index (χ1n) is 17.4. The van der Waals surface area contributed by atoms with Crippen molar-refractivity contribution in [2.75, 3.05) is 0 Å². The molecular formula is C48H30N2S. The van der Waals surface area contributed by atoms with E-state index in [2.05, 4.69) is 191 Å². The van der Waals surface area contributed by atoms with E-state index in [9.17, 15) is 0 Å². The second-order valence-electron chi connectivity index (χ2n) is 13.3. The maximum atomic E-state index is 2.53. The number of benzene rings is 8. The van der Waals surface area contributed by atoms with E-state index in [1.807, 2.05) is 11.3 Å². The summed E-state index contributed by atoms with van der Waals surface area (Å²) in [5.41, 5.74) is 12.1. The summed E-state index contributed by atoms with van der Waals surface area (Å²) in [4.78, 5) is 0. The summed E-state index contributed by atoms with van der Waals surface area (Å²) >= 11 is 1.89. The van der Waals surface area contributed by atoms with E-state index in [1.54, 1.807) is 0 Å². The number of rotatable bonds is 4. The summed E-state index contributed by atoms with van der Waals surface area (Å²) in [6.07, 6.45) is 0. The van der Waals surface area contributed by atoms with Crippen molar-refractivity contribution in [3.8, 4) is 33.6 Å². The zero-order valence-electron chi connectivity index (χ0n) is 27.6. The zero-order chi connectivity index (χ0) is 33.5. The fourth-order valence-corrected chi connectivity index (χ4v) is 9.47. The van der Waals surface area contributed by atoms with Crippen molar-refractivity contribution >= 4 is 75.1 Å². The molecule has 0 amide bonds. The molecule has 0 aliphatic carbocycles. The SMILES string of the molecule is c1ccc(-c2cccc(-c3cccc(-n4c5ccccc5c5ccc6c7ccccc7n(-c7cccc8c7sc7ccccc78)c6c54)c3)c2)cc1. The van der Waals surface area contributed by atoms with Gasteiger partial charge in [0.25, 0.3) is 0 Å². The van der Waals surface area contributed by atoms with Crippen LogP contribution in [0, 0.1) is 0 Å². The van der Waals surface area contributed by atoms with Crippen molar-refractivity contribution in [1.29, 1.82) is 0 Å². The van der Waals surface area contributed by atoms with Crippen LogP contribution in [-0.4, -0.2) is 9.13 Å². The molecule has 0 saturated carbocycles. The van der Waals surface area contributed by atoms with Crippen molar-refractivity contribution in [3.05, 3.63) is 182 Å². The molecule has 238 valence electrons. The molecule has 0 spiro atoms. The highest BCUT2D eigenvalue weighted by Crippen LogP contribution is 2.45. The van der Waals surface area contributed by atoms with Crippen molar-refractivity contribution in [2.45, 2.75) is 0 Å². The Labute approximate surface area is 298 Å². The predicted octanol–water partition coefficient (Wildman–Crippen LogP) is 13.6. The first-order valence-corrected chi connectivity index (χ1v) is 18.3. The molecule has 0 fully saturated rings. The normalized spacial score (nSPS) is 11.9. The maximum Gasteiger partial charge on any atom is 0.0789 e. The quantitative estimate of drug-likeness (QED) is 0.177. The van der Waals surface area contributed by atoms with E-state index in [0.717, 1.165) is 5.69 Å². The van der Waals surface area contributed by atoms with Crippen molar-refractivity contribution in [3.63, 3.8) is 0 Å². The van der Waals surface area contributed by atoms with Crippen LogP contribution in [0.1, 0.15) is 0 Å². The van der Waals surface area contributed by atoms with Crippen molar-refractivity contribution in [2.24, 2.45) is 0 Å². The summed E-state index contributed by atoms with van der Waals surface area (Å²) < 4.78 is 7.65. The Morgan fingerprint density at radius 3 is 1.63 bits per heavy atom. The van der Waals surface area contributed by atoms with Gasteiger partial charge in [-0.3, -0.25) is 0 Å². The maximum absolute atomic E-state index is 2.53. The van der Waals surface area contributed by atoms with Gasteiger partial charge in [0.05, 0.1) is 32.5 Å². The number of para-hydroxylation sites is 2. The molecule has 51 heavy (non-hydrogen) atoms. The van der Waals surface area contributed by atoms with Crippen LogP contribution < -0.4 is 0 Å². The molecule has 2 nitrogen and oxygen atoms in total. The largest absolute Gasteiger partial charge is 0.307 e. The summed E-state index contributed by atoms with van der Waals surface area (Å²) in [6, 6.07) is 66.6. The predicted molar refractivity (Wildman–Crippen MR) is 219 cm³/mol. The van der Waals surface area contributed by atoms with Gasteiger partial charge in [0.1, 0.15) is 0 Å². The summed E-state index contributed by atoms with van der Waals surface area (Å²) in [7, 11) is 0. The molecule has 0 atom stereocenters. The molecule has 0 aliphatic heterocycles. The lowest BCUT2D eigenvalue weighted by Gasteiger charge is -2.14. The van der Waals surface area contributed by atoms with Crippen molar-refractivity contribution < 1.29 is 0 Å². The van der Waals surface area contributed by atoms with Crippen LogP contribution in [0.25, 0.3) is 97.4 Å². The second-order valence-corrected chi connectivity index (χ2v) is 14.4. The second kappa shape index (κ2) is 11.0. The molecule has 11 aromatic rings. The molecule has 3 heteroatoms. The zero-order valence-corrected chi connectivity index (χ0v) is 28.4. The van der Waals surface area contributed by atoms with Crippen LogP contribution >= 0.6 is 11.3 Å². The topological polar surface area (TPSA) is 9.86 Å². The van der Waals surface area contributed by atoms with E-state index < -0.39 is 0 Å². The molecule has 0 aliphatic rings. The van der Waals surface area contributed by atoms with Gasteiger partial charge < -0.3 is 9.13 Å². The van der Waals surface area contributed by atoms with E-state index in [4.69, 9.17) is 0 Å². The molecule has 11 rings (SSSR count). The Bertz CT molecular complexity index is 3140. The highest BCUT2D eigenvalue weighted by atomic mass is 32.1. The smallest absolute Gasteiger partial charge is 0.0789 e. The fourth-order valence-electron chi connectivity index (χ4n) is 8.26. The first kappa shape index (κ1) is 28.4. The third kappa shape index (κ3) is 4.22. The summed E-state index contributed by atoms with van der Waals surface area (Å²) in [5.74, 6) is 0. The monoisotopic (exact) mass is 666 g/mol. The fraction of sp³-hybridized carbons (Fsp3) is 0. The molecule has 8 aromatic carbocycles. The minimum atomic E-state index is 1.15. The number of hydrogen-bond donors (Lipinski definition) is 0. The third-order valence-electron chi connectivity index (χ3n) is 10.5. The van der Waals surface area contributed by atoms with E-state index in [0.29, 0.717) is 0 Å². The molecule has 0 unspecified atom stereocenters. The van der Waals surface area contributed by atoms with Crippen LogP contribution in [0.15, 0.2) is 182 Å². The highest BCUT2D eigenvalue weighted by molar-refractivity contribution is 7.26. The lowest BCUT2D eigenvalue weighted by Crippen LogP contribution is -1.99.